The second-order valence-electron chi connectivity index (χ2n) is 6.28. The van der Waals surface area contributed by atoms with Crippen molar-refractivity contribution >= 4 is 23.1 Å². The van der Waals surface area contributed by atoms with Crippen LogP contribution in [0.3, 0.4) is 0 Å². The van der Waals surface area contributed by atoms with Crippen LogP contribution in [0.1, 0.15) is 24.4 Å². The highest BCUT2D eigenvalue weighted by molar-refractivity contribution is 6.30. The lowest BCUT2D eigenvalue weighted by Gasteiger charge is -2.34. The molecule has 3 rings (SSSR count). The third-order valence-corrected chi connectivity index (χ3v) is 4.56. The van der Waals surface area contributed by atoms with Crippen molar-refractivity contribution in [1.82, 2.24) is 9.97 Å². The zero-order valence-electron chi connectivity index (χ0n) is 13.9. The third-order valence-electron chi connectivity index (χ3n) is 4.31. The van der Waals surface area contributed by atoms with E-state index in [1.54, 1.807) is 0 Å². The van der Waals surface area contributed by atoms with Crippen LogP contribution < -0.4 is 10.2 Å². The normalized spacial score (nSPS) is 17.8. The Bertz CT molecular complexity index is 677. The van der Waals surface area contributed by atoms with Gasteiger partial charge in [0.2, 0.25) is 0 Å². The molecule has 1 saturated heterocycles. The highest BCUT2D eigenvalue weighted by atomic mass is 35.5. The first-order valence-electron chi connectivity index (χ1n) is 8.34. The Kier molecular flexibility index (Phi) is 5.53. The number of hydrogen-bond acceptors (Lipinski definition) is 5. The number of halogens is 1. The molecule has 6 heteroatoms. The highest BCUT2D eigenvalue weighted by Gasteiger charge is 2.21. The summed E-state index contributed by atoms with van der Waals surface area (Å²) in [5.74, 6) is 1.97. The fraction of sp³-hybridized carbons (Fsp3) is 0.444. The van der Waals surface area contributed by atoms with Crippen molar-refractivity contribution in [3.8, 4) is 0 Å². The molecule has 0 aliphatic carbocycles. The van der Waals surface area contributed by atoms with E-state index in [-0.39, 0.29) is 6.61 Å². The number of nitrogens with zero attached hydrogens (tertiary/aromatic N) is 3. The molecular formula is C18H23ClN4O. The van der Waals surface area contributed by atoms with E-state index in [4.69, 9.17) is 11.6 Å². The lowest BCUT2D eigenvalue weighted by atomic mass is 9.98. The van der Waals surface area contributed by atoms with E-state index in [2.05, 4.69) is 20.2 Å². The molecule has 0 bridgehead atoms. The maximum atomic E-state index is 9.30. The van der Waals surface area contributed by atoms with Gasteiger partial charge in [-0.1, -0.05) is 11.6 Å². The number of aryl methyl sites for hydroxylation is 1. The number of nitrogens with one attached hydrogen (secondary N) is 1. The Morgan fingerprint density at radius 1 is 1.29 bits per heavy atom. The number of hydrogen-bond donors (Lipinski definition) is 2. The van der Waals surface area contributed by atoms with Crippen LogP contribution in [0, 0.1) is 12.8 Å². The van der Waals surface area contributed by atoms with Crippen molar-refractivity contribution < 1.29 is 5.11 Å². The molecule has 5 nitrogen and oxygen atoms in total. The number of rotatable bonds is 5. The molecule has 2 heterocycles. The van der Waals surface area contributed by atoms with E-state index in [9.17, 15) is 5.11 Å². The van der Waals surface area contributed by atoms with Crippen LogP contribution in [0.5, 0.6) is 0 Å². The average Bonchev–Trinajstić information content (AvgIpc) is 2.61. The third kappa shape index (κ3) is 4.36. The number of aromatic nitrogens is 2. The van der Waals surface area contributed by atoms with E-state index in [1.165, 1.54) is 6.42 Å². The molecule has 0 amide bonds. The van der Waals surface area contributed by atoms with Crippen molar-refractivity contribution in [1.29, 1.82) is 0 Å². The van der Waals surface area contributed by atoms with Gasteiger partial charge in [-0.25, -0.2) is 9.97 Å². The van der Waals surface area contributed by atoms with Gasteiger partial charge < -0.3 is 15.3 Å². The minimum atomic E-state index is -0.121. The Hall–Kier alpha value is -1.85. The molecule has 0 spiro atoms. The molecular weight excluding hydrogens is 324 g/mol. The Labute approximate surface area is 147 Å². The van der Waals surface area contributed by atoms with Gasteiger partial charge in [0.25, 0.3) is 0 Å². The van der Waals surface area contributed by atoms with Gasteiger partial charge in [0.05, 0.1) is 0 Å². The Morgan fingerprint density at radius 2 is 2.08 bits per heavy atom. The first-order chi connectivity index (χ1) is 11.6. The van der Waals surface area contributed by atoms with Crippen molar-refractivity contribution in [2.45, 2.75) is 26.4 Å². The predicted molar refractivity (Wildman–Crippen MR) is 97.6 cm³/mol. The maximum Gasteiger partial charge on any atom is 0.156 e. The molecule has 0 saturated carbocycles. The second kappa shape index (κ2) is 7.81. The van der Waals surface area contributed by atoms with Gasteiger partial charge in [0.1, 0.15) is 12.4 Å². The van der Waals surface area contributed by atoms with Gasteiger partial charge >= 0.3 is 0 Å². The summed E-state index contributed by atoms with van der Waals surface area (Å²) in [5.41, 5.74) is 1.99. The van der Waals surface area contributed by atoms with E-state index in [1.807, 2.05) is 37.3 Å². The molecule has 1 aliphatic heterocycles. The van der Waals surface area contributed by atoms with Crippen LogP contribution >= 0.6 is 11.6 Å². The molecule has 1 unspecified atom stereocenters. The smallest absolute Gasteiger partial charge is 0.156 e. The molecule has 1 aromatic carbocycles. The number of anilines is 2. The summed E-state index contributed by atoms with van der Waals surface area (Å²) in [4.78, 5) is 11.0. The zero-order chi connectivity index (χ0) is 16.9. The van der Waals surface area contributed by atoms with E-state index >= 15 is 0 Å². The van der Waals surface area contributed by atoms with Crippen molar-refractivity contribution in [3.63, 3.8) is 0 Å². The summed E-state index contributed by atoms with van der Waals surface area (Å²) in [6.07, 6.45) is 2.35. The van der Waals surface area contributed by atoms with Crippen LogP contribution in [0.15, 0.2) is 30.3 Å². The largest absolute Gasteiger partial charge is 0.388 e. The summed E-state index contributed by atoms with van der Waals surface area (Å²) in [7, 11) is 0. The van der Waals surface area contributed by atoms with Crippen LogP contribution in [0.25, 0.3) is 0 Å². The summed E-state index contributed by atoms with van der Waals surface area (Å²) in [6, 6.07) is 9.80. The minimum absolute atomic E-state index is 0.121. The van der Waals surface area contributed by atoms with E-state index < -0.39 is 0 Å². The monoisotopic (exact) mass is 346 g/mol. The fourth-order valence-electron chi connectivity index (χ4n) is 3.11. The topological polar surface area (TPSA) is 61.3 Å². The molecule has 2 aromatic rings. The summed E-state index contributed by atoms with van der Waals surface area (Å²) in [5, 5.41) is 13.5. The second-order valence-corrected chi connectivity index (χ2v) is 6.72. The Morgan fingerprint density at radius 3 is 2.83 bits per heavy atom. The quantitative estimate of drug-likeness (QED) is 0.870. The fourth-order valence-corrected chi connectivity index (χ4v) is 3.24. The van der Waals surface area contributed by atoms with Gasteiger partial charge in [0.15, 0.2) is 5.82 Å². The van der Waals surface area contributed by atoms with Crippen LogP contribution in [0.2, 0.25) is 5.02 Å². The molecule has 0 radical (unpaired) electrons. The summed E-state index contributed by atoms with van der Waals surface area (Å²) < 4.78 is 0. The molecule has 1 aliphatic rings. The van der Waals surface area contributed by atoms with Gasteiger partial charge in [-0.05, 0) is 49.9 Å². The lowest BCUT2D eigenvalue weighted by Crippen LogP contribution is -2.38. The lowest BCUT2D eigenvalue weighted by molar-refractivity contribution is 0.271. The Balaban J connectivity index is 1.61. The average molecular weight is 347 g/mol. The minimum Gasteiger partial charge on any atom is -0.388 e. The first-order valence-corrected chi connectivity index (χ1v) is 8.71. The molecule has 1 fully saturated rings. The predicted octanol–water partition coefficient (Wildman–Crippen LogP) is 3.26. The van der Waals surface area contributed by atoms with Crippen LogP contribution in [-0.2, 0) is 6.61 Å². The summed E-state index contributed by atoms with van der Waals surface area (Å²) in [6.45, 7) is 4.70. The van der Waals surface area contributed by atoms with Gasteiger partial charge in [-0.15, -0.1) is 0 Å². The highest BCUT2D eigenvalue weighted by Crippen LogP contribution is 2.23. The standard InChI is InChI=1S/C18H23ClN4O/c1-13-9-18(22-17(12-24)21-13)23-8-2-3-14(11-23)10-20-16-6-4-15(19)5-7-16/h4-7,9,14,20,24H,2-3,8,10-12H2,1H3. The zero-order valence-corrected chi connectivity index (χ0v) is 14.6. The van der Waals surface area contributed by atoms with Crippen LogP contribution in [0.4, 0.5) is 11.5 Å². The number of aliphatic hydroxyl groups is 1. The molecule has 128 valence electrons. The SMILES string of the molecule is Cc1cc(N2CCCC(CNc3ccc(Cl)cc3)C2)nc(CO)n1. The van der Waals surface area contributed by atoms with E-state index in [0.717, 1.165) is 48.3 Å². The van der Waals surface area contributed by atoms with Crippen molar-refractivity contribution in [2.24, 2.45) is 5.92 Å². The number of aliphatic hydroxyl groups excluding tert-OH is 1. The van der Waals surface area contributed by atoms with Crippen molar-refractivity contribution in [3.05, 3.63) is 46.9 Å². The maximum absolute atomic E-state index is 9.30. The summed E-state index contributed by atoms with van der Waals surface area (Å²) >= 11 is 5.92. The molecule has 1 aromatic heterocycles. The molecule has 24 heavy (non-hydrogen) atoms. The molecule has 1 atom stereocenters. The van der Waals surface area contributed by atoms with E-state index in [0.29, 0.717) is 11.7 Å². The number of piperidine rings is 1. The van der Waals surface area contributed by atoms with Gasteiger partial charge in [-0.3, -0.25) is 0 Å². The van der Waals surface area contributed by atoms with Crippen molar-refractivity contribution in [2.75, 3.05) is 29.9 Å². The van der Waals surface area contributed by atoms with Gasteiger partial charge in [0, 0.05) is 42.1 Å². The first kappa shape index (κ1) is 17.0. The van der Waals surface area contributed by atoms with Crippen LogP contribution in [-0.4, -0.2) is 34.7 Å². The number of benzene rings is 1. The van der Waals surface area contributed by atoms with Gasteiger partial charge in [-0.2, -0.15) is 0 Å². The molecule has 2 N–H and O–H groups in total.